The van der Waals surface area contributed by atoms with Crippen LogP contribution < -0.4 is 5.32 Å². The highest BCUT2D eigenvalue weighted by molar-refractivity contribution is 7.20. The Labute approximate surface area is 177 Å². The quantitative estimate of drug-likeness (QED) is 0.506. The van der Waals surface area contributed by atoms with E-state index < -0.39 is 0 Å². The minimum atomic E-state index is -0.314. The largest absolute Gasteiger partial charge is 0.310 e. The lowest BCUT2D eigenvalue weighted by atomic mass is 9.92. The molecule has 0 fully saturated rings. The van der Waals surface area contributed by atoms with E-state index in [1.54, 1.807) is 28.2 Å². The fraction of sp³-hybridized carbons (Fsp3) is 0.261. The van der Waals surface area contributed by atoms with Gasteiger partial charge in [0.2, 0.25) is 11.0 Å². The summed E-state index contributed by atoms with van der Waals surface area (Å²) in [6, 6.07) is 12.2. The van der Waals surface area contributed by atoms with E-state index in [4.69, 9.17) is 4.98 Å². The Bertz CT molecular complexity index is 1200. The Morgan fingerprint density at radius 3 is 2.63 bits per heavy atom. The van der Waals surface area contributed by atoms with Crippen LogP contribution in [0.1, 0.15) is 35.2 Å². The van der Waals surface area contributed by atoms with Gasteiger partial charge in [0.25, 0.3) is 0 Å². The van der Waals surface area contributed by atoms with E-state index >= 15 is 0 Å². The molecule has 0 spiro atoms. The summed E-state index contributed by atoms with van der Waals surface area (Å²) < 4.78 is 15.9. The molecule has 2 aromatic carbocycles. The van der Waals surface area contributed by atoms with Crippen molar-refractivity contribution in [3.05, 3.63) is 70.7 Å². The Balaban J connectivity index is 1.43. The number of amides is 1. The predicted molar refractivity (Wildman–Crippen MR) is 117 cm³/mol. The third-order valence-corrected chi connectivity index (χ3v) is 6.39. The number of hydrogen-bond donors (Lipinski definition) is 1. The smallest absolute Gasteiger partial charge is 0.229 e. The van der Waals surface area contributed by atoms with Crippen LogP contribution in [0.25, 0.3) is 15.3 Å². The molecule has 2 heterocycles. The summed E-state index contributed by atoms with van der Waals surface area (Å²) in [5, 5.41) is 8.21. The number of carbonyl (C=O) groups excluding carboxylic acids is 1. The Hall–Kier alpha value is -3.06. The molecule has 7 heteroatoms. The molecule has 5 rings (SSSR count). The van der Waals surface area contributed by atoms with Crippen molar-refractivity contribution in [3.63, 3.8) is 0 Å². The highest BCUT2D eigenvalue weighted by Crippen LogP contribution is 2.32. The molecule has 5 nitrogen and oxygen atoms in total. The number of rotatable bonds is 4. The molecule has 0 unspecified atom stereocenters. The van der Waals surface area contributed by atoms with Crippen LogP contribution in [-0.2, 0) is 24.1 Å². The molecule has 0 radical (unpaired) electrons. The van der Waals surface area contributed by atoms with E-state index in [0.29, 0.717) is 5.82 Å². The molecule has 2 aromatic heterocycles. The van der Waals surface area contributed by atoms with Gasteiger partial charge < -0.3 is 5.32 Å². The molecule has 0 aliphatic heterocycles. The number of aryl methyl sites for hydroxylation is 3. The van der Waals surface area contributed by atoms with Crippen molar-refractivity contribution in [2.24, 2.45) is 0 Å². The van der Waals surface area contributed by atoms with Gasteiger partial charge in [-0.15, -0.1) is 0 Å². The van der Waals surface area contributed by atoms with Crippen LogP contribution in [0.2, 0.25) is 0 Å². The molecule has 0 bridgehead atoms. The van der Waals surface area contributed by atoms with Crippen molar-refractivity contribution in [1.82, 2.24) is 14.8 Å². The number of halogens is 1. The summed E-state index contributed by atoms with van der Waals surface area (Å²) in [4.78, 5) is 17.3. The summed E-state index contributed by atoms with van der Waals surface area (Å²) in [5.74, 6) is 0.0909. The summed E-state index contributed by atoms with van der Waals surface area (Å²) in [6.07, 6.45) is 4.88. The first-order chi connectivity index (χ1) is 14.5. The number of aromatic nitrogens is 3. The number of thiazole rings is 1. The zero-order valence-corrected chi connectivity index (χ0v) is 17.4. The van der Waals surface area contributed by atoms with Crippen molar-refractivity contribution in [2.75, 3.05) is 5.32 Å². The molecule has 1 aliphatic rings. The highest BCUT2D eigenvalue weighted by Gasteiger charge is 2.17. The normalized spacial score (nSPS) is 13.4. The molecule has 30 heavy (non-hydrogen) atoms. The standard InChI is InChI=1S/C23H21FN4OS/c1-14-10-21(26-22(29)11-15-6-8-18(24)9-7-15)28(27-14)23-25-19-12-16-4-2-3-5-17(16)13-20(19)30-23/h6-10,12-13H,2-5,11H2,1H3,(H,26,29). The van der Waals surface area contributed by atoms with E-state index in [2.05, 4.69) is 22.5 Å². The first kappa shape index (κ1) is 18.9. The van der Waals surface area contributed by atoms with E-state index in [9.17, 15) is 9.18 Å². The molecule has 0 saturated carbocycles. The number of carbonyl (C=O) groups is 1. The number of anilines is 1. The molecule has 1 N–H and O–H groups in total. The zero-order valence-electron chi connectivity index (χ0n) is 16.6. The third kappa shape index (κ3) is 3.73. The van der Waals surface area contributed by atoms with Crippen LogP contribution in [0.5, 0.6) is 0 Å². The molecular weight excluding hydrogens is 399 g/mol. The van der Waals surface area contributed by atoms with Gasteiger partial charge in [-0.3, -0.25) is 4.79 Å². The summed E-state index contributed by atoms with van der Waals surface area (Å²) in [6.45, 7) is 1.89. The summed E-state index contributed by atoms with van der Waals surface area (Å²) in [5.41, 5.74) is 5.35. The number of nitrogens with one attached hydrogen (secondary N) is 1. The van der Waals surface area contributed by atoms with Gasteiger partial charge in [-0.05, 0) is 73.6 Å². The molecule has 1 aliphatic carbocycles. The van der Waals surface area contributed by atoms with Crippen LogP contribution in [0.4, 0.5) is 10.2 Å². The van der Waals surface area contributed by atoms with Gasteiger partial charge in [-0.1, -0.05) is 23.5 Å². The number of nitrogens with zero attached hydrogens (tertiary/aromatic N) is 3. The van der Waals surface area contributed by atoms with E-state index in [1.165, 1.54) is 36.1 Å². The number of fused-ring (bicyclic) bond motifs is 2. The molecule has 0 saturated heterocycles. The number of hydrogen-bond acceptors (Lipinski definition) is 4. The lowest BCUT2D eigenvalue weighted by Crippen LogP contribution is -2.17. The lowest BCUT2D eigenvalue weighted by Gasteiger charge is -2.14. The molecule has 152 valence electrons. The highest BCUT2D eigenvalue weighted by atomic mass is 32.1. The van der Waals surface area contributed by atoms with E-state index in [1.807, 2.05) is 13.0 Å². The monoisotopic (exact) mass is 420 g/mol. The SMILES string of the molecule is Cc1cc(NC(=O)Cc2ccc(F)cc2)n(-c2nc3cc4c(cc3s2)CCCC4)n1. The van der Waals surface area contributed by atoms with Crippen molar-refractivity contribution < 1.29 is 9.18 Å². The van der Waals surface area contributed by atoms with Gasteiger partial charge in [0.05, 0.1) is 22.3 Å². The van der Waals surface area contributed by atoms with Gasteiger partial charge in [0.15, 0.2) is 0 Å². The topological polar surface area (TPSA) is 59.8 Å². The van der Waals surface area contributed by atoms with Gasteiger partial charge in [-0.25, -0.2) is 9.37 Å². The minimum Gasteiger partial charge on any atom is -0.310 e. The van der Waals surface area contributed by atoms with Gasteiger partial charge >= 0.3 is 0 Å². The predicted octanol–water partition coefficient (Wildman–Crippen LogP) is 4.99. The lowest BCUT2D eigenvalue weighted by molar-refractivity contribution is -0.115. The molecule has 0 atom stereocenters. The van der Waals surface area contributed by atoms with Crippen molar-refractivity contribution in [3.8, 4) is 5.13 Å². The van der Waals surface area contributed by atoms with Gasteiger partial charge in [0, 0.05) is 6.07 Å². The van der Waals surface area contributed by atoms with Crippen LogP contribution in [0.3, 0.4) is 0 Å². The van der Waals surface area contributed by atoms with Gasteiger partial charge in [-0.2, -0.15) is 9.78 Å². The molecule has 1 amide bonds. The Kier molecular flexibility index (Phi) is 4.83. The maximum Gasteiger partial charge on any atom is 0.229 e. The second-order valence-corrected chi connectivity index (χ2v) is 8.74. The summed E-state index contributed by atoms with van der Waals surface area (Å²) in [7, 11) is 0. The van der Waals surface area contributed by atoms with Gasteiger partial charge in [0.1, 0.15) is 11.6 Å². The van der Waals surface area contributed by atoms with Crippen LogP contribution >= 0.6 is 11.3 Å². The van der Waals surface area contributed by atoms with Crippen molar-refractivity contribution >= 4 is 33.3 Å². The van der Waals surface area contributed by atoms with E-state index in [-0.39, 0.29) is 18.1 Å². The maximum atomic E-state index is 13.1. The summed E-state index contributed by atoms with van der Waals surface area (Å²) >= 11 is 1.58. The zero-order chi connectivity index (χ0) is 20.7. The second kappa shape index (κ2) is 7.65. The molecular formula is C23H21FN4OS. The minimum absolute atomic E-state index is 0.164. The van der Waals surface area contributed by atoms with Crippen LogP contribution in [0.15, 0.2) is 42.5 Å². The average Bonchev–Trinajstić information content (AvgIpc) is 3.30. The Morgan fingerprint density at radius 2 is 1.87 bits per heavy atom. The Morgan fingerprint density at radius 1 is 1.13 bits per heavy atom. The third-order valence-electron chi connectivity index (χ3n) is 5.40. The maximum absolute atomic E-state index is 13.1. The van der Waals surface area contributed by atoms with Crippen molar-refractivity contribution in [2.45, 2.75) is 39.0 Å². The fourth-order valence-electron chi connectivity index (χ4n) is 3.94. The molecule has 4 aromatic rings. The van der Waals surface area contributed by atoms with Crippen molar-refractivity contribution in [1.29, 1.82) is 0 Å². The van der Waals surface area contributed by atoms with Crippen LogP contribution in [-0.4, -0.2) is 20.7 Å². The average molecular weight is 421 g/mol. The first-order valence-corrected chi connectivity index (χ1v) is 10.9. The number of benzene rings is 2. The first-order valence-electron chi connectivity index (χ1n) is 10.1. The fourth-order valence-corrected chi connectivity index (χ4v) is 4.92. The van der Waals surface area contributed by atoms with E-state index in [0.717, 1.165) is 39.4 Å². The second-order valence-electron chi connectivity index (χ2n) is 7.73. The van der Waals surface area contributed by atoms with Crippen LogP contribution in [0, 0.1) is 12.7 Å².